The van der Waals surface area contributed by atoms with Gasteiger partial charge in [0.25, 0.3) is 0 Å². The van der Waals surface area contributed by atoms with E-state index in [0.717, 1.165) is 25.5 Å². The van der Waals surface area contributed by atoms with E-state index in [1.54, 1.807) is 0 Å². The van der Waals surface area contributed by atoms with Gasteiger partial charge in [-0.3, -0.25) is 0 Å². The Morgan fingerprint density at radius 1 is 1.53 bits per heavy atom. The van der Waals surface area contributed by atoms with Crippen LogP contribution in [0.2, 0.25) is 0 Å². The van der Waals surface area contributed by atoms with Gasteiger partial charge in [-0.2, -0.15) is 0 Å². The maximum absolute atomic E-state index is 11.7. The molecule has 4 nitrogen and oxygen atoms in total. The van der Waals surface area contributed by atoms with Crippen molar-refractivity contribution in [1.82, 2.24) is 5.32 Å². The second kappa shape index (κ2) is 5.07. The quantitative estimate of drug-likeness (QED) is 0.773. The van der Waals surface area contributed by atoms with E-state index in [1.807, 2.05) is 20.8 Å². The minimum atomic E-state index is -0.705. The molecule has 0 radical (unpaired) electrons. The van der Waals surface area contributed by atoms with Gasteiger partial charge >= 0.3 is 6.09 Å². The Morgan fingerprint density at radius 3 is 2.59 bits per heavy atom. The summed E-state index contributed by atoms with van der Waals surface area (Å²) in [6.07, 6.45) is 3.85. The predicted octanol–water partition coefficient (Wildman–Crippen LogP) is 2.66. The Kier molecular flexibility index (Phi) is 4.17. The summed E-state index contributed by atoms with van der Waals surface area (Å²) in [6, 6.07) is 0. The number of rotatable bonds is 3. The van der Waals surface area contributed by atoms with Gasteiger partial charge < -0.3 is 14.8 Å². The van der Waals surface area contributed by atoms with Gasteiger partial charge in [0.1, 0.15) is 11.9 Å². The van der Waals surface area contributed by atoms with Crippen LogP contribution in [0.15, 0.2) is 0 Å². The number of carbonyl (C=O) groups is 2. The molecule has 0 aromatic carbocycles. The van der Waals surface area contributed by atoms with Gasteiger partial charge in [0.2, 0.25) is 0 Å². The Hall–Kier alpha value is -1.06. The van der Waals surface area contributed by atoms with Crippen molar-refractivity contribution in [3.63, 3.8) is 0 Å². The van der Waals surface area contributed by atoms with Crippen LogP contribution in [0.25, 0.3) is 0 Å². The molecule has 2 unspecified atom stereocenters. The first-order chi connectivity index (χ1) is 7.80. The van der Waals surface area contributed by atoms with Crippen molar-refractivity contribution < 1.29 is 14.3 Å². The molecule has 1 amide bonds. The summed E-state index contributed by atoms with van der Waals surface area (Å²) in [6.45, 7) is 7.54. The molecule has 1 aliphatic carbocycles. The van der Waals surface area contributed by atoms with Crippen LogP contribution in [0, 0.1) is 5.92 Å². The molecule has 0 bridgehead atoms. The van der Waals surface area contributed by atoms with Crippen molar-refractivity contribution in [3.8, 4) is 0 Å². The Labute approximate surface area is 103 Å². The van der Waals surface area contributed by atoms with Crippen LogP contribution in [-0.4, -0.2) is 23.5 Å². The first kappa shape index (κ1) is 14.0. The Morgan fingerprint density at radius 2 is 2.18 bits per heavy atom. The fourth-order valence-electron chi connectivity index (χ4n) is 2.29. The molecule has 1 fully saturated rings. The highest BCUT2D eigenvalue weighted by molar-refractivity contribution is 5.77. The average molecular weight is 241 g/mol. The highest BCUT2D eigenvalue weighted by Gasteiger charge is 2.40. The summed E-state index contributed by atoms with van der Waals surface area (Å²) < 4.78 is 5.19. The highest BCUT2D eigenvalue weighted by Crippen LogP contribution is 2.35. The van der Waals surface area contributed by atoms with Crippen molar-refractivity contribution >= 4 is 12.4 Å². The standard InChI is InChI=1S/C13H23NO3/c1-5-10-6-7-13(8-10,9-15)14-11(16)17-12(2,3)4/h9-10H,5-8H2,1-4H3,(H,14,16). The van der Waals surface area contributed by atoms with Crippen molar-refractivity contribution in [2.24, 2.45) is 5.92 Å². The van der Waals surface area contributed by atoms with Gasteiger partial charge in [-0.15, -0.1) is 0 Å². The number of ether oxygens (including phenoxy) is 1. The van der Waals surface area contributed by atoms with Crippen LogP contribution in [-0.2, 0) is 9.53 Å². The molecule has 0 aromatic rings. The summed E-state index contributed by atoms with van der Waals surface area (Å²) in [5.74, 6) is 0.523. The lowest BCUT2D eigenvalue weighted by molar-refractivity contribution is -0.113. The first-order valence-corrected chi connectivity index (χ1v) is 6.28. The molecule has 4 heteroatoms. The molecule has 0 spiro atoms. The number of aldehydes is 1. The van der Waals surface area contributed by atoms with Crippen LogP contribution in [0.4, 0.5) is 4.79 Å². The lowest BCUT2D eigenvalue weighted by Gasteiger charge is -2.27. The van der Waals surface area contributed by atoms with Gasteiger partial charge in [-0.1, -0.05) is 13.3 Å². The highest BCUT2D eigenvalue weighted by atomic mass is 16.6. The molecule has 98 valence electrons. The fraction of sp³-hybridized carbons (Fsp3) is 0.846. The van der Waals surface area contributed by atoms with Crippen LogP contribution >= 0.6 is 0 Å². The van der Waals surface area contributed by atoms with E-state index in [0.29, 0.717) is 12.3 Å². The van der Waals surface area contributed by atoms with Gasteiger partial charge in [0.05, 0.1) is 5.54 Å². The maximum Gasteiger partial charge on any atom is 0.408 e. The van der Waals surface area contributed by atoms with Crippen molar-refractivity contribution in [2.45, 2.75) is 64.5 Å². The van der Waals surface area contributed by atoms with E-state index < -0.39 is 17.2 Å². The summed E-state index contributed by atoms with van der Waals surface area (Å²) in [7, 11) is 0. The average Bonchev–Trinajstić information content (AvgIpc) is 2.59. The molecular weight excluding hydrogens is 218 g/mol. The molecule has 0 saturated heterocycles. The van der Waals surface area contributed by atoms with Crippen LogP contribution in [0.5, 0.6) is 0 Å². The second-order valence-corrected chi connectivity index (χ2v) is 5.92. The van der Waals surface area contributed by atoms with E-state index in [1.165, 1.54) is 0 Å². The largest absolute Gasteiger partial charge is 0.444 e. The van der Waals surface area contributed by atoms with E-state index in [2.05, 4.69) is 12.2 Å². The molecule has 1 aliphatic rings. The smallest absolute Gasteiger partial charge is 0.408 e. The van der Waals surface area contributed by atoms with Gasteiger partial charge in [-0.25, -0.2) is 4.79 Å². The van der Waals surface area contributed by atoms with Crippen LogP contribution in [0.3, 0.4) is 0 Å². The number of amides is 1. The van der Waals surface area contributed by atoms with Crippen LogP contribution < -0.4 is 5.32 Å². The summed E-state index contributed by atoms with van der Waals surface area (Å²) in [5, 5.41) is 2.73. The molecule has 0 aromatic heterocycles. The third-order valence-electron chi connectivity index (χ3n) is 3.20. The van der Waals surface area contributed by atoms with Crippen molar-refractivity contribution in [1.29, 1.82) is 0 Å². The lowest BCUT2D eigenvalue weighted by Crippen LogP contribution is -2.49. The van der Waals surface area contributed by atoms with E-state index >= 15 is 0 Å². The number of hydrogen-bond acceptors (Lipinski definition) is 3. The number of carbonyl (C=O) groups excluding carboxylic acids is 2. The summed E-state index contributed by atoms with van der Waals surface area (Å²) in [4.78, 5) is 22.9. The zero-order chi connectivity index (χ0) is 13.1. The molecule has 17 heavy (non-hydrogen) atoms. The topological polar surface area (TPSA) is 55.4 Å². The minimum Gasteiger partial charge on any atom is -0.444 e. The van der Waals surface area contributed by atoms with E-state index in [4.69, 9.17) is 4.74 Å². The number of hydrogen-bond donors (Lipinski definition) is 1. The van der Waals surface area contributed by atoms with E-state index in [-0.39, 0.29) is 0 Å². The number of alkyl carbamates (subject to hydrolysis) is 1. The molecule has 1 saturated carbocycles. The lowest BCUT2D eigenvalue weighted by atomic mass is 9.97. The minimum absolute atomic E-state index is 0.499. The second-order valence-electron chi connectivity index (χ2n) is 5.92. The zero-order valence-corrected chi connectivity index (χ0v) is 11.2. The molecule has 1 N–H and O–H groups in total. The van der Waals surface area contributed by atoms with Crippen molar-refractivity contribution in [3.05, 3.63) is 0 Å². The monoisotopic (exact) mass is 241 g/mol. The van der Waals surface area contributed by atoms with Crippen molar-refractivity contribution in [2.75, 3.05) is 0 Å². The van der Waals surface area contributed by atoms with Gasteiger partial charge in [0.15, 0.2) is 0 Å². The molecule has 0 heterocycles. The first-order valence-electron chi connectivity index (χ1n) is 6.28. The van der Waals surface area contributed by atoms with Gasteiger partial charge in [-0.05, 0) is 46.0 Å². The fourth-order valence-corrected chi connectivity index (χ4v) is 2.29. The zero-order valence-electron chi connectivity index (χ0n) is 11.2. The predicted molar refractivity (Wildman–Crippen MR) is 65.8 cm³/mol. The van der Waals surface area contributed by atoms with Gasteiger partial charge in [0, 0.05) is 0 Å². The third-order valence-corrected chi connectivity index (χ3v) is 3.20. The van der Waals surface area contributed by atoms with Crippen LogP contribution in [0.1, 0.15) is 53.4 Å². The number of nitrogens with one attached hydrogen (secondary N) is 1. The maximum atomic E-state index is 11.7. The SMILES string of the molecule is CCC1CCC(C=O)(NC(=O)OC(C)(C)C)C1. The normalized spacial score (nSPS) is 28.8. The molecule has 2 atom stereocenters. The molecule has 0 aliphatic heterocycles. The third kappa shape index (κ3) is 4.02. The Bertz CT molecular complexity index is 296. The summed E-state index contributed by atoms with van der Waals surface area (Å²) in [5.41, 5.74) is -1.24. The molecular formula is C13H23NO3. The molecule has 1 rings (SSSR count). The summed E-state index contributed by atoms with van der Waals surface area (Å²) >= 11 is 0. The van der Waals surface area contributed by atoms with E-state index in [9.17, 15) is 9.59 Å². The Balaban J connectivity index is 2.59.